The SMILES string of the molecule is CN=C(NC(C)COC)NC1CCN(CC(F)(F)F)C1. The molecule has 1 aliphatic heterocycles. The second-order valence-electron chi connectivity index (χ2n) is 5.05. The lowest BCUT2D eigenvalue weighted by Gasteiger charge is -2.21. The highest BCUT2D eigenvalue weighted by atomic mass is 19.4. The van der Waals surface area contributed by atoms with Crippen molar-refractivity contribution in [2.45, 2.75) is 31.6 Å². The number of nitrogens with one attached hydrogen (secondary N) is 2. The van der Waals surface area contributed by atoms with Crippen LogP contribution in [0.2, 0.25) is 0 Å². The fourth-order valence-corrected chi connectivity index (χ4v) is 2.24. The number of hydrogen-bond acceptors (Lipinski definition) is 3. The summed E-state index contributed by atoms with van der Waals surface area (Å²) in [5, 5.41) is 6.28. The molecule has 0 aliphatic carbocycles. The molecule has 0 radical (unpaired) electrons. The molecule has 118 valence electrons. The van der Waals surface area contributed by atoms with Gasteiger partial charge in [0.25, 0.3) is 0 Å². The number of nitrogens with zero attached hydrogens (tertiary/aromatic N) is 2. The van der Waals surface area contributed by atoms with Gasteiger partial charge in [0.05, 0.1) is 13.2 Å². The highest BCUT2D eigenvalue weighted by molar-refractivity contribution is 5.80. The average molecular weight is 296 g/mol. The summed E-state index contributed by atoms with van der Waals surface area (Å²) < 4.78 is 41.9. The highest BCUT2D eigenvalue weighted by Crippen LogP contribution is 2.19. The predicted octanol–water partition coefficient (Wildman–Crippen LogP) is 0.823. The number of likely N-dealkylation sites (tertiary alicyclic amines) is 1. The summed E-state index contributed by atoms with van der Waals surface area (Å²) in [7, 11) is 3.25. The fourth-order valence-electron chi connectivity index (χ4n) is 2.24. The quantitative estimate of drug-likeness (QED) is 0.583. The molecule has 5 nitrogen and oxygen atoms in total. The van der Waals surface area contributed by atoms with E-state index in [4.69, 9.17) is 4.74 Å². The molecule has 0 saturated carbocycles. The molecule has 20 heavy (non-hydrogen) atoms. The molecule has 1 rings (SSSR count). The van der Waals surface area contributed by atoms with Crippen LogP contribution in [0, 0.1) is 0 Å². The van der Waals surface area contributed by atoms with Crippen molar-refractivity contribution in [1.82, 2.24) is 15.5 Å². The zero-order valence-electron chi connectivity index (χ0n) is 12.1. The average Bonchev–Trinajstić information content (AvgIpc) is 2.73. The number of alkyl halides is 3. The van der Waals surface area contributed by atoms with E-state index in [2.05, 4.69) is 15.6 Å². The van der Waals surface area contributed by atoms with E-state index in [0.717, 1.165) is 0 Å². The number of ether oxygens (including phenoxy) is 1. The van der Waals surface area contributed by atoms with Crippen molar-refractivity contribution in [3.05, 3.63) is 0 Å². The minimum atomic E-state index is -4.14. The molecule has 1 saturated heterocycles. The maximum absolute atomic E-state index is 12.3. The van der Waals surface area contributed by atoms with Crippen LogP contribution in [0.25, 0.3) is 0 Å². The molecule has 0 aromatic rings. The van der Waals surface area contributed by atoms with Crippen molar-refractivity contribution in [2.24, 2.45) is 4.99 Å². The maximum atomic E-state index is 12.3. The van der Waals surface area contributed by atoms with Crippen molar-refractivity contribution >= 4 is 5.96 Å². The van der Waals surface area contributed by atoms with Crippen LogP contribution in [0.4, 0.5) is 13.2 Å². The molecule has 0 aromatic carbocycles. The van der Waals surface area contributed by atoms with Crippen molar-refractivity contribution in [3.63, 3.8) is 0 Å². The zero-order chi connectivity index (χ0) is 15.2. The van der Waals surface area contributed by atoms with Gasteiger partial charge in [0.1, 0.15) is 0 Å². The van der Waals surface area contributed by atoms with Crippen molar-refractivity contribution in [3.8, 4) is 0 Å². The van der Waals surface area contributed by atoms with Crippen LogP contribution in [0.5, 0.6) is 0 Å². The molecule has 0 amide bonds. The third-order valence-electron chi connectivity index (χ3n) is 3.04. The molecular formula is C12H23F3N4O. The number of methoxy groups -OCH3 is 1. The molecule has 0 spiro atoms. The number of rotatable bonds is 5. The monoisotopic (exact) mass is 296 g/mol. The number of hydrogen-bond donors (Lipinski definition) is 2. The van der Waals surface area contributed by atoms with Crippen LogP contribution in [0.15, 0.2) is 4.99 Å². The summed E-state index contributed by atoms with van der Waals surface area (Å²) in [6.07, 6.45) is -3.46. The molecule has 2 N–H and O–H groups in total. The van der Waals surface area contributed by atoms with E-state index in [1.165, 1.54) is 4.90 Å². The van der Waals surface area contributed by atoms with E-state index in [-0.39, 0.29) is 12.1 Å². The second-order valence-corrected chi connectivity index (χ2v) is 5.05. The topological polar surface area (TPSA) is 48.9 Å². The summed E-state index contributed by atoms with van der Waals surface area (Å²) in [4.78, 5) is 5.48. The van der Waals surface area contributed by atoms with Crippen LogP contribution < -0.4 is 10.6 Å². The van der Waals surface area contributed by atoms with Gasteiger partial charge in [-0.25, -0.2) is 0 Å². The van der Waals surface area contributed by atoms with Crippen LogP contribution in [-0.4, -0.2) is 69.5 Å². The molecule has 0 aromatic heterocycles. The first-order valence-electron chi connectivity index (χ1n) is 6.62. The van der Waals surface area contributed by atoms with Crippen molar-refractivity contribution in [1.29, 1.82) is 0 Å². The summed E-state index contributed by atoms with van der Waals surface area (Å²) >= 11 is 0. The standard InChI is InChI=1S/C12H23F3N4O/c1-9(7-20-3)17-11(16-2)18-10-4-5-19(6-10)8-12(13,14)15/h9-10H,4-8H2,1-3H3,(H2,16,17,18). The van der Waals surface area contributed by atoms with Gasteiger partial charge in [-0.15, -0.1) is 0 Å². The normalized spacial score (nSPS) is 22.9. The Bertz CT molecular complexity index is 322. The highest BCUT2D eigenvalue weighted by Gasteiger charge is 2.34. The lowest BCUT2D eigenvalue weighted by molar-refractivity contribution is -0.143. The van der Waals surface area contributed by atoms with Gasteiger partial charge in [-0.05, 0) is 13.3 Å². The number of guanidine groups is 1. The molecule has 0 bridgehead atoms. The van der Waals surface area contributed by atoms with Crippen molar-refractivity contribution < 1.29 is 17.9 Å². The summed E-state index contributed by atoms with van der Waals surface area (Å²) in [6, 6.07) is 0.0668. The molecule has 1 aliphatic rings. The number of halogens is 3. The van der Waals surface area contributed by atoms with Gasteiger partial charge in [-0.3, -0.25) is 9.89 Å². The summed E-state index contributed by atoms with van der Waals surface area (Å²) in [5.41, 5.74) is 0. The van der Waals surface area contributed by atoms with E-state index in [0.29, 0.717) is 32.1 Å². The Hall–Kier alpha value is -1.02. The molecule has 1 fully saturated rings. The molecular weight excluding hydrogens is 273 g/mol. The van der Waals surface area contributed by atoms with Crippen molar-refractivity contribution in [2.75, 3.05) is 40.4 Å². The minimum absolute atomic E-state index is 0.0155. The fraction of sp³-hybridized carbons (Fsp3) is 0.917. The van der Waals surface area contributed by atoms with Gasteiger partial charge in [-0.2, -0.15) is 13.2 Å². The van der Waals surface area contributed by atoms with Crippen LogP contribution in [-0.2, 0) is 4.74 Å². The molecule has 2 unspecified atom stereocenters. The van der Waals surface area contributed by atoms with Gasteiger partial charge in [0, 0.05) is 39.3 Å². The Kier molecular flexibility index (Phi) is 6.54. The third kappa shape index (κ3) is 6.42. The van der Waals surface area contributed by atoms with E-state index >= 15 is 0 Å². The van der Waals surface area contributed by atoms with E-state index in [1.807, 2.05) is 6.92 Å². The largest absolute Gasteiger partial charge is 0.401 e. The van der Waals surface area contributed by atoms with E-state index < -0.39 is 12.7 Å². The van der Waals surface area contributed by atoms with Gasteiger partial charge in [0.2, 0.25) is 0 Å². The lowest BCUT2D eigenvalue weighted by atomic mass is 10.2. The van der Waals surface area contributed by atoms with Crippen LogP contribution >= 0.6 is 0 Å². The molecule has 2 atom stereocenters. The van der Waals surface area contributed by atoms with Gasteiger partial charge in [-0.1, -0.05) is 0 Å². The van der Waals surface area contributed by atoms with Gasteiger partial charge >= 0.3 is 6.18 Å². The minimum Gasteiger partial charge on any atom is -0.383 e. The Labute approximate surface area is 117 Å². The first-order valence-corrected chi connectivity index (χ1v) is 6.62. The summed E-state index contributed by atoms with van der Waals surface area (Å²) in [5.74, 6) is 0.591. The summed E-state index contributed by atoms with van der Waals surface area (Å²) in [6.45, 7) is 2.45. The first kappa shape index (κ1) is 17.0. The lowest BCUT2D eigenvalue weighted by Crippen LogP contribution is -2.48. The van der Waals surface area contributed by atoms with Crippen LogP contribution in [0.1, 0.15) is 13.3 Å². The Morgan fingerprint density at radius 2 is 2.20 bits per heavy atom. The second kappa shape index (κ2) is 7.68. The van der Waals surface area contributed by atoms with E-state index in [1.54, 1.807) is 14.2 Å². The predicted molar refractivity (Wildman–Crippen MR) is 71.9 cm³/mol. The molecule has 8 heteroatoms. The first-order chi connectivity index (χ1) is 9.34. The zero-order valence-corrected chi connectivity index (χ0v) is 12.1. The third-order valence-corrected chi connectivity index (χ3v) is 3.04. The maximum Gasteiger partial charge on any atom is 0.401 e. The van der Waals surface area contributed by atoms with E-state index in [9.17, 15) is 13.2 Å². The van der Waals surface area contributed by atoms with Gasteiger partial charge < -0.3 is 15.4 Å². The van der Waals surface area contributed by atoms with Gasteiger partial charge in [0.15, 0.2) is 5.96 Å². The Morgan fingerprint density at radius 1 is 1.50 bits per heavy atom. The van der Waals surface area contributed by atoms with Crippen LogP contribution in [0.3, 0.4) is 0 Å². The number of aliphatic imine (C=N–C) groups is 1. The Balaban J connectivity index is 2.37. The molecule has 1 heterocycles. The smallest absolute Gasteiger partial charge is 0.383 e. The Morgan fingerprint density at radius 3 is 2.75 bits per heavy atom.